The Morgan fingerprint density at radius 3 is 1.28 bits per heavy atom. The Hall–Kier alpha value is -2.22. The summed E-state index contributed by atoms with van der Waals surface area (Å²) in [5, 5.41) is 15.4. The maximum atomic E-state index is 5.18. The van der Waals surface area contributed by atoms with E-state index in [4.69, 9.17) is 34.1 Å². The first kappa shape index (κ1) is 23.1. The number of aromatic nitrogens is 4. The van der Waals surface area contributed by atoms with Crippen molar-refractivity contribution < 1.29 is 28.3 Å². The SMILES string of the molecule is Cc1ccc(-c2nnc([S-])o2)c(C)c1.Cc1ccc(-c2nnc([S-])o2)c(C)c1.[Zn+2]. The Balaban J connectivity index is 0.000000200. The standard InChI is InChI=1S/2C10H10N2OS.Zn/c2*1-6-3-4-8(7(2)5-6)9-11-12-10(14)13-9;/h2*3-5H,1-2H3,(H,12,14);/q;;+2/p-2. The van der Waals surface area contributed by atoms with Crippen molar-refractivity contribution in [3.63, 3.8) is 0 Å². The van der Waals surface area contributed by atoms with Gasteiger partial charge >= 0.3 is 19.5 Å². The topological polar surface area (TPSA) is 77.8 Å². The number of nitrogens with zero attached hydrogens (tertiary/aromatic N) is 4. The van der Waals surface area contributed by atoms with E-state index in [1.807, 2.05) is 52.0 Å². The van der Waals surface area contributed by atoms with Gasteiger partial charge in [0.2, 0.25) is 11.8 Å². The first-order valence-electron chi connectivity index (χ1n) is 8.50. The van der Waals surface area contributed by atoms with Crippen LogP contribution in [0.25, 0.3) is 22.9 Å². The molecule has 0 unspecified atom stereocenters. The molecule has 0 aliphatic carbocycles. The molecule has 0 saturated carbocycles. The minimum atomic E-state index is 0. The summed E-state index contributed by atoms with van der Waals surface area (Å²) in [4.78, 5) is 0. The van der Waals surface area contributed by atoms with Gasteiger partial charge in [-0.3, -0.25) is 0 Å². The number of hydrogen-bond acceptors (Lipinski definition) is 8. The summed E-state index contributed by atoms with van der Waals surface area (Å²) in [5.74, 6) is 0.986. The largest absolute Gasteiger partial charge is 2.00 e. The molecule has 0 radical (unpaired) electrons. The van der Waals surface area contributed by atoms with Gasteiger partial charge in [-0.2, -0.15) is 0 Å². The van der Waals surface area contributed by atoms with Gasteiger partial charge in [0.15, 0.2) is 0 Å². The van der Waals surface area contributed by atoms with Crippen molar-refractivity contribution in [3.05, 3.63) is 58.7 Å². The van der Waals surface area contributed by atoms with E-state index >= 15 is 0 Å². The monoisotopic (exact) mass is 474 g/mol. The Kier molecular flexibility index (Phi) is 7.96. The van der Waals surface area contributed by atoms with E-state index in [1.165, 1.54) is 11.1 Å². The van der Waals surface area contributed by atoms with Crippen molar-refractivity contribution in [2.75, 3.05) is 0 Å². The average Bonchev–Trinajstić information content (AvgIpc) is 3.24. The molecule has 0 amide bonds. The van der Waals surface area contributed by atoms with Gasteiger partial charge in [0.1, 0.15) is 0 Å². The van der Waals surface area contributed by atoms with Gasteiger partial charge in [0.05, 0.1) is 10.4 Å². The zero-order valence-electron chi connectivity index (χ0n) is 16.6. The molecule has 4 rings (SSSR count). The van der Waals surface area contributed by atoms with E-state index in [9.17, 15) is 0 Å². The fraction of sp³-hybridized carbons (Fsp3) is 0.200. The van der Waals surface area contributed by atoms with Crippen molar-refractivity contribution in [2.24, 2.45) is 0 Å². The molecule has 0 fully saturated rings. The van der Waals surface area contributed by atoms with Crippen molar-refractivity contribution in [2.45, 2.75) is 38.1 Å². The molecular weight excluding hydrogens is 458 g/mol. The molecule has 0 bridgehead atoms. The molecule has 9 heteroatoms. The Morgan fingerprint density at radius 2 is 1.00 bits per heavy atom. The van der Waals surface area contributed by atoms with Crippen LogP contribution < -0.4 is 0 Å². The summed E-state index contributed by atoms with van der Waals surface area (Å²) >= 11 is 9.52. The fourth-order valence-electron chi connectivity index (χ4n) is 2.74. The number of rotatable bonds is 2. The molecule has 2 heterocycles. The van der Waals surface area contributed by atoms with Gasteiger partial charge in [-0.25, -0.2) is 0 Å². The summed E-state index contributed by atoms with van der Waals surface area (Å²) < 4.78 is 10.4. The van der Waals surface area contributed by atoms with Crippen LogP contribution in [0.5, 0.6) is 0 Å². The zero-order valence-corrected chi connectivity index (χ0v) is 21.2. The minimum absolute atomic E-state index is 0. The fourth-order valence-corrected chi connectivity index (χ4v) is 2.98. The van der Waals surface area contributed by atoms with Gasteiger partial charge in [-0.05, 0) is 51.0 Å². The number of benzene rings is 2. The van der Waals surface area contributed by atoms with Gasteiger partial charge in [-0.15, -0.1) is 20.4 Å². The molecule has 29 heavy (non-hydrogen) atoms. The third kappa shape index (κ3) is 5.88. The van der Waals surface area contributed by atoms with Crippen LogP contribution >= 0.6 is 0 Å². The van der Waals surface area contributed by atoms with Crippen LogP contribution in [-0.4, -0.2) is 20.4 Å². The molecule has 0 atom stereocenters. The van der Waals surface area contributed by atoms with Crippen molar-refractivity contribution in [3.8, 4) is 22.9 Å². The summed E-state index contributed by atoms with van der Waals surface area (Å²) in [6.45, 7) is 8.11. The predicted octanol–water partition coefficient (Wildman–Crippen LogP) is 4.52. The number of hydrogen-bond donors (Lipinski definition) is 0. The zero-order chi connectivity index (χ0) is 20.3. The molecule has 2 aromatic heterocycles. The normalized spacial score (nSPS) is 10.1. The Labute approximate surface area is 193 Å². The van der Waals surface area contributed by atoms with Gasteiger partial charge < -0.3 is 34.1 Å². The van der Waals surface area contributed by atoms with Crippen LogP contribution in [-0.2, 0) is 44.7 Å². The van der Waals surface area contributed by atoms with E-state index in [2.05, 4.69) is 32.5 Å². The summed E-state index contributed by atoms with van der Waals surface area (Å²) in [5.41, 5.74) is 6.54. The second-order valence-electron chi connectivity index (χ2n) is 6.38. The van der Waals surface area contributed by atoms with E-state index in [0.29, 0.717) is 11.8 Å². The first-order valence-corrected chi connectivity index (χ1v) is 9.31. The predicted molar refractivity (Wildman–Crippen MR) is 110 cm³/mol. The molecule has 0 aliphatic heterocycles. The van der Waals surface area contributed by atoms with Crippen molar-refractivity contribution in [1.82, 2.24) is 20.4 Å². The molecule has 2 aromatic carbocycles. The number of aryl methyl sites for hydroxylation is 4. The van der Waals surface area contributed by atoms with Gasteiger partial charge in [-0.1, -0.05) is 35.4 Å². The maximum Gasteiger partial charge on any atom is 2.00 e. The average molecular weight is 476 g/mol. The smallest absolute Gasteiger partial charge is 0.719 e. The summed E-state index contributed by atoms with van der Waals surface area (Å²) in [6, 6.07) is 12.1. The molecule has 6 nitrogen and oxygen atoms in total. The third-order valence-electron chi connectivity index (χ3n) is 4.04. The van der Waals surface area contributed by atoms with Crippen LogP contribution in [0.2, 0.25) is 0 Å². The molecule has 144 valence electrons. The quantitative estimate of drug-likeness (QED) is 0.309. The first-order chi connectivity index (χ1) is 13.3. The molecule has 0 spiro atoms. The second kappa shape index (κ2) is 10.0. The maximum absolute atomic E-state index is 5.18. The van der Waals surface area contributed by atoms with Crippen LogP contribution in [0.4, 0.5) is 0 Å². The van der Waals surface area contributed by atoms with Gasteiger partial charge in [0, 0.05) is 11.1 Å². The van der Waals surface area contributed by atoms with Crippen LogP contribution in [0.3, 0.4) is 0 Å². The molecule has 0 N–H and O–H groups in total. The minimum Gasteiger partial charge on any atom is -0.719 e. The molecule has 0 aliphatic rings. The van der Waals surface area contributed by atoms with Crippen LogP contribution in [0, 0.1) is 27.7 Å². The molecule has 0 saturated heterocycles. The molecule has 4 aromatic rings. The summed E-state index contributed by atoms with van der Waals surface area (Å²) in [7, 11) is 0. The molecular formula is C20H18N4O2S2Zn. The second-order valence-corrected chi connectivity index (χ2v) is 7.08. The van der Waals surface area contributed by atoms with Gasteiger partial charge in [0.25, 0.3) is 0 Å². The summed E-state index contributed by atoms with van der Waals surface area (Å²) in [6.07, 6.45) is 0. The van der Waals surface area contributed by atoms with Crippen molar-refractivity contribution in [1.29, 1.82) is 0 Å². The van der Waals surface area contributed by atoms with E-state index in [0.717, 1.165) is 22.3 Å². The van der Waals surface area contributed by atoms with Crippen LogP contribution in [0.15, 0.2) is 55.7 Å². The van der Waals surface area contributed by atoms with E-state index < -0.39 is 0 Å². The third-order valence-corrected chi connectivity index (χ3v) is 4.37. The van der Waals surface area contributed by atoms with Crippen molar-refractivity contribution >= 4 is 25.3 Å². The van der Waals surface area contributed by atoms with E-state index in [-0.39, 0.29) is 29.9 Å². The Morgan fingerprint density at radius 1 is 0.621 bits per heavy atom. The van der Waals surface area contributed by atoms with E-state index in [1.54, 1.807) is 0 Å². The Bertz CT molecular complexity index is 1020. The van der Waals surface area contributed by atoms with Crippen LogP contribution in [0.1, 0.15) is 22.3 Å².